The summed E-state index contributed by atoms with van der Waals surface area (Å²) in [5, 5.41) is 12.5. The van der Waals surface area contributed by atoms with E-state index in [4.69, 9.17) is 0 Å². The Labute approximate surface area is 103 Å². The molecule has 96 valence electrons. The molecule has 0 aliphatic carbocycles. The molecule has 4 nitrogen and oxygen atoms in total. The van der Waals surface area contributed by atoms with Gasteiger partial charge in [-0.1, -0.05) is 34.6 Å². The molecule has 0 saturated carbocycles. The van der Waals surface area contributed by atoms with Crippen LogP contribution in [0.4, 0.5) is 5.82 Å². The average molecular weight is 237 g/mol. The lowest BCUT2D eigenvalue weighted by molar-refractivity contribution is 0.249. The van der Waals surface area contributed by atoms with Gasteiger partial charge in [0.25, 0.3) is 0 Å². The van der Waals surface area contributed by atoms with Crippen LogP contribution in [0.2, 0.25) is 0 Å². The zero-order valence-electron chi connectivity index (χ0n) is 11.4. The summed E-state index contributed by atoms with van der Waals surface area (Å²) in [6.45, 7) is 10.5. The Kier molecular flexibility index (Phi) is 4.46. The monoisotopic (exact) mass is 237 g/mol. The molecule has 0 saturated heterocycles. The number of rotatable bonds is 4. The first-order chi connectivity index (χ1) is 7.84. The van der Waals surface area contributed by atoms with Gasteiger partial charge < -0.3 is 10.4 Å². The maximum absolute atomic E-state index is 9.28. The number of hydrogen-bond acceptors (Lipinski definition) is 4. The zero-order chi connectivity index (χ0) is 13.1. The molecule has 0 aliphatic heterocycles. The Morgan fingerprint density at radius 1 is 1.35 bits per heavy atom. The molecule has 0 unspecified atom stereocenters. The third-order valence-corrected chi connectivity index (χ3v) is 2.66. The summed E-state index contributed by atoms with van der Waals surface area (Å²) in [7, 11) is 0. The van der Waals surface area contributed by atoms with Crippen molar-refractivity contribution in [2.45, 2.75) is 46.1 Å². The summed E-state index contributed by atoms with van der Waals surface area (Å²) in [5.41, 5.74) is -0.0652. The van der Waals surface area contributed by atoms with Crippen LogP contribution in [0.15, 0.2) is 12.3 Å². The lowest BCUT2D eigenvalue weighted by Crippen LogP contribution is -2.30. The first-order valence-electron chi connectivity index (χ1n) is 6.05. The average Bonchev–Trinajstić information content (AvgIpc) is 2.24. The fraction of sp³-hybridized carbons (Fsp3) is 0.692. The molecule has 1 rings (SSSR count). The predicted octanol–water partition coefficient (Wildman–Crippen LogP) is 2.20. The summed E-state index contributed by atoms with van der Waals surface area (Å²) >= 11 is 0. The van der Waals surface area contributed by atoms with E-state index < -0.39 is 0 Å². The molecule has 1 aromatic heterocycles. The van der Waals surface area contributed by atoms with Gasteiger partial charge in [-0.05, 0) is 12.0 Å². The molecule has 4 heteroatoms. The van der Waals surface area contributed by atoms with Crippen molar-refractivity contribution in [3.8, 4) is 0 Å². The number of aliphatic hydroxyl groups is 1. The van der Waals surface area contributed by atoms with Crippen LogP contribution in [0.3, 0.4) is 0 Å². The molecule has 17 heavy (non-hydrogen) atoms. The molecular formula is C13H23N3O. The predicted molar refractivity (Wildman–Crippen MR) is 70.1 cm³/mol. The second kappa shape index (κ2) is 5.45. The highest BCUT2D eigenvalue weighted by Gasteiger charge is 2.18. The molecule has 2 N–H and O–H groups in total. The molecule has 1 atom stereocenters. The van der Waals surface area contributed by atoms with Crippen molar-refractivity contribution in [2.75, 3.05) is 11.9 Å². The van der Waals surface area contributed by atoms with Gasteiger partial charge in [0.15, 0.2) is 0 Å². The topological polar surface area (TPSA) is 58.0 Å². The van der Waals surface area contributed by atoms with Crippen LogP contribution in [0.1, 0.15) is 40.4 Å². The highest BCUT2D eigenvalue weighted by atomic mass is 16.3. The fourth-order valence-corrected chi connectivity index (χ4v) is 1.41. The van der Waals surface area contributed by atoms with Crippen LogP contribution >= 0.6 is 0 Å². The molecule has 1 aromatic rings. The molecule has 0 amide bonds. The maximum atomic E-state index is 9.28. The first-order valence-corrected chi connectivity index (χ1v) is 6.05. The van der Waals surface area contributed by atoms with Gasteiger partial charge in [-0.25, -0.2) is 9.97 Å². The van der Waals surface area contributed by atoms with Crippen molar-refractivity contribution in [1.82, 2.24) is 9.97 Å². The van der Waals surface area contributed by atoms with E-state index in [1.807, 2.05) is 6.07 Å². The molecule has 0 spiro atoms. The van der Waals surface area contributed by atoms with E-state index >= 15 is 0 Å². The second-order valence-electron chi connectivity index (χ2n) is 5.69. The number of aromatic nitrogens is 2. The van der Waals surface area contributed by atoms with E-state index in [9.17, 15) is 5.11 Å². The van der Waals surface area contributed by atoms with Gasteiger partial charge in [-0.2, -0.15) is 0 Å². The first kappa shape index (κ1) is 13.9. The minimum absolute atomic E-state index is 0.0257. The Balaban J connectivity index is 2.85. The number of nitrogens with zero attached hydrogens (tertiary/aromatic N) is 2. The van der Waals surface area contributed by atoms with Crippen molar-refractivity contribution in [3.63, 3.8) is 0 Å². The molecule has 0 bridgehead atoms. The molecule has 0 aliphatic rings. The molecular weight excluding hydrogens is 214 g/mol. The van der Waals surface area contributed by atoms with Gasteiger partial charge in [0.1, 0.15) is 11.6 Å². The van der Waals surface area contributed by atoms with Gasteiger partial charge >= 0.3 is 0 Å². The van der Waals surface area contributed by atoms with Crippen molar-refractivity contribution in [3.05, 3.63) is 18.1 Å². The van der Waals surface area contributed by atoms with Gasteiger partial charge in [-0.3, -0.25) is 0 Å². The van der Waals surface area contributed by atoms with Crippen LogP contribution in [0, 0.1) is 5.92 Å². The zero-order valence-corrected chi connectivity index (χ0v) is 11.4. The Bertz CT molecular complexity index is 358. The van der Waals surface area contributed by atoms with Crippen LogP contribution in [-0.2, 0) is 5.41 Å². The third-order valence-electron chi connectivity index (χ3n) is 2.66. The Morgan fingerprint density at radius 3 is 2.47 bits per heavy atom. The summed E-state index contributed by atoms with van der Waals surface area (Å²) < 4.78 is 0. The number of hydrogen-bond donors (Lipinski definition) is 2. The van der Waals surface area contributed by atoms with Crippen molar-refractivity contribution >= 4 is 5.82 Å². The van der Waals surface area contributed by atoms with E-state index in [2.05, 4.69) is 49.9 Å². The summed E-state index contributed by atoms with van der Waals surface area (Å²) in [4.78, 5) is 8.76. The molecule has 0 aromatic carbocycles. The van der Waals surface area contributed by atoms with E-state index in [1.165, 1.54) is 0 Å². The van der Waals surface area contributed by atoms with Crippen molar-refractivity contribution < 1.29 is 5.11 Å². The second-order valence-corrected chi connectivity index (χ2v) is 5.69. The van der Waals surface area contributed by atoms with Crippen LogP contribution in [0.5, 0.6) is 0 Å². The van der Waals surface area contributed by atoms with Crippen molar-refractivity contribution in [1.29, 1.82) is 0 Å². The smallest absolute Gasteiger partial charge is 0.135 e. The summed E-state index contributed by atoms with van der Waals surface area (Å²) in [5.74, 6) is 1.94. The normalized spacial score (nSPS) is 13.8. The molecule has 1 heterocycles. The standard InChI is InChI=1S/C13H23N3O/c1-9(2)10(8-17)15-11-6-7-14-12(16-11)13(3,4)5/h6-7,9-10,17H,8H2,1-5H3,(H,14,15,16)/t10-/m1/s1. The van der Waals surface area contributed by atoms with E-state index in [0.717, 1.165) is 11.6 Å². The quantitative estimate of drug-likeness (QED) is 0.843. The highest BCUT2D eigenvalue weighted by Crippen LogP contribution is 2.19. The van der Waals surface area contributed by atoms with Gasteiger partial charge in [0.05, 0.1) is 12.6 Å². The highest BCUT2D eigenvalue weighted by molar-refractivity contribution is 5.35. The van der Waals surface area contributed by atoms with E-state index in [1.54, 1.807) is 6.20 Å². The SMILES string of the molecule is CC(C)[C@@H](CO)Nc1ccnc(C(C)(C)C)n1. The largest absolute Gasteiger partial charge is 0.394 e. The number of anilines is 1. The minimum atomic E-state index is -0.0652. The maximum Gasteiger partial charge on any atom is 0.135 e. The molecule has 0 fully saturated rings. The van der Waals surface area contributed by atoms with Crippen LogP contribution in [-0.4, -0.2) is 27.7 Å². The van der Waals surface area contributed by atoms with Gasteiger partial charge in [0.2, 0.25) is 0 Å². The lowest BCUT2D eigenvalue weighted by atomic mass is 9.96. The number of aliphatic hydroxyl groups excluding tert-OH is 1. The van der Waals surface area contributed by atoms with E-state index in [-0.39, 0.29) is 18.1 Å². The Hall–Kier alpha value is -1.16. The summed E-state index contributed by atoms with van der Waals surface area (Å²) in [6.07, 6.45) is 1.75. The molecule has 0 radical (unpaired) electrons. The van der Waals surface area contributed by atoms with Crippen LogP contribution < -0.4 is 5.32 Å². The van der Waals surface area contributed by atoms with Crippen LogP contribution in [0.25, 0.3) is 0 Å². The van der Waals surface area contributed by atoms with Gasteiger partial charge in [-0.15, -0.1) is 0 Å². The van der Waals surface area contributed by atoms with Gasteiger partial charge in [0, 0.05) is 11.6 Å². The minimum Gasteiger partial charge on any atom is -0.394 e. The number of nitrogens with one attached hydrogen (secondary N) is 1. The van der Waals surface area contributed by atoms with E-state index in [0.29, 0.717) is 5.92 Å². The third kappa shape index (κ3) is 3.97. The summed E-state index contributed by atoms with van der Waals surface area (Å²) in [6, 6.07) is 1.86. The van der Waals surface area contributed by atoms with Crippen molar-refractivity contribution in [2.24, 2.45) is 5.92 Å². The Morgan fingerprint density at radius 2 is 2.00 bits per heavy atom. The lowest BCUT2D eigenvalue weighted by Gasteiger charge is -2.22. The fourth-order valence-electron chi connectivity index (χ4n) is 1.41.